The van der Waals surface area contributed by atoms with Gasteiger partial charge >= 0.3 is 12.1 Å². The predicted octanol–water partition coefficient (Wildman–Crippen LogP) is 4.11. The first-order valence-electron chi connectivity index (χ1n) is 7.67. The van der Waals surface area contributed by atoms with Crippen LogP contribution in [0.1, 0.15) is 39.0 Å². The van der Waals surface area contributed by atoms with Crippen LogP contribution in [0.4, 0.5) is 13.2 Å². The molecule has 118 valence electrons. The minimum Gasteiger partial charge on any atom is -0.456 e. The minimum absolute atomic E-state index is 0.0329. The van der Waals surface area contributed by atoms with Crippen molar-refractivity contribution in [1.82, 2.24) is 0 Å². The molecule has 0 spiro atoms. The highest BCUT2D eigenvalue weighted by atomic mass is 19.4. The number of alkyl halides is 3. The predicted molar refractivity (Wildman–Crippen MR) is 71.3 cm³/mol. The molecule has 4 bridgehead atoms. The third-order valence-corrected chi connectivity index (χ3v) is 5.85. The zero-order valence-electron chi connectivity index (χ0n) is 12.2. The average molecular weight is 302 g/mol. The van der Waals surface area contributed by atoms with Crippen molar-refractivity contribution in [2.45, 2.75) is 50.8 Å². The van der Waals surface area contributed by atoms with E-state index in [1.807, 2.05) is 0 Å². The molecule has 0 aromatic carbocycles. The summed E-state index contributed by atoms with van der Waals surface area (Å²) >= 11 is 0. The molecule has 0 amide bonds. The Morgan fingerprint density at radius 3 is 2.33 bits per heavy atom. The van der Waals surface area contributed by atoms with Crippen LogP contribution >= 0.6 is 0 Å². The number of hydrogen-bond acceptors (Lipinski definition) is 2. The molecule has 4 fully saturated rings. The molecule has 0 heterocycles. The van der Waals surface area contributed by atoms with Crippen molar-refractivity contribution >= 4 is 5.97 Å². The number of halogens is 3. The van der Waals surface area contributed by atoms with Crippen LogP contribution < -0.4 is 0 Å². The maximum atomic E-state index is 13.3. The lowest BCUT2D eigenvalue weighted by Crippen LogP contribution is -2.62. The van der Waals surface area contributed by atoms with Gasteiger partial charge in [-0.3, -0.25) is 0 Å². The summed E-state index contributed by atoms with van der Waals surface area (Å²) in [5, 5.41) is 0. The Balaban J connectivity index is 1.95. The van der Waals surface area contributed by atoms with E-state index in [2.05, 4.69) is 6.58 Å². The van der Waals surface area contributed by atoms with E-state index in [9.17, 15) is 18.0 Å². The third-order valence-electron chi connectivity index (χ3n) is 5.85. The van der Waals surface area contributed by atoms with Gasteiger partial charge in [-0.15, -0.1) is 0 Å². The summed E-state index contributed by atoms with van der Waals surface area (Å²) in [5.74, 6) is -1.76. The van der Waals surface area contributed by atoms with Gasteiger partial charge in [0.2, 0.25) is 0 Å². The van der Waals surface area contributed by atoms with Crippen LogP contribution in [0.2, 0.25) is 0 Å². The van der Waals surface area contributed by atoms with Crippen molar-refractivity contribution in [3.8, 4) is 0 Å². The van der Waals surface area contributed by atoms with E-state index in [0.29, 0.717) is 24.7 Å². The normalized spacial score (nSPS) is 42.7. The second-order valence-electron chi connectivity index (χ2n) is 7.15. The van der Waals surface area contributed by atoms with E-state index < -0.39 is 29.6 Å². The van der Waals surface area contributed by atoms with E-state index >= 15 is 0 Å². The van der Waals surface area contributed by atoms with Crippen molar-refractivity contribution < 1.29 is 22.7 Å². The van der Waals surface area contributed by atoms with E-state index in [1.165, 1.54) is 6.92 Å². The van der Waals surface area contributed by atoms with Crippen molar-refractivity contribution in [2.24, 2.45) is 29.6 Å². The molecule has 0 aliphatic heterocycles. The molecule has 21 heavy (non-hydrogen) atoms. The summed E-state index contributed by atoms with van der Waals surface area (Å²) in [6.45, 7) is 4.63. The maximum Gasteiger partial charge on any atom is 0.391 e. The number of carbonyl (C=O) groups excluding carboxylic acids is 1. The monoisotopic (exact) mass is 302 g/mol. The molecule has 0 aromatic heterocycles. The first-order valence-corrected chi connectivity index (χ1v) is 7.67. The average Bonchev–Trinajstić information content (AvgIpc) is 2.35. The largest absolute Gasteiger partial charge is 0.456 e. The molecule has 0 N–H and O–H groups in total. The highest BCUT2D eigenvalue weighted by Gasteiger charge is 2.63. The lowest BCUT2D eigenvalue weighted by molar-refractivity contribution is -0.258. The maximum absolute atomic E-state index is 13.3. The van der Waals surface area contributed by atoms with E-state index in [0.717, 1.165) is 25.3 Å². The van der Waals surface area contributed by atoms with Crippen LogP contribution in [0.25, 0.3) is 0 Å². The molecule has 0 saturated heterocycles. The van der Waals surface area contributed by atoms with Crippen molar-refractivity contribution in [3.05, 3.63) is 12.7 Å². The van der Waals surface area contributed by atoms with Gasteiger partial charge in [-0.1, -0.05) is 13.5 Å². The van der Waals surface area contributed by atoms with E-state index in [1.54, 1.807) is 0 Å². The number of rotatable bonds is 3. The Kier molecular flexibility index (Phi) is 3.37. The van der Waals surface area contributed by atoms with Crippen molar-refractivity contribution in [2.75, 3.05) is 0 Å². The van der Waals surface area contributed by atoms with Gasteiger partial charge in [0.1, 0.15) is 5.60 Å². The van der Waals surface area contributed by atoms with Gasteiger partial charge in [0.25, 0.3) is 0 Å². The SMILES string of the molecule is C=CC(=O)OC12CC3CC(CC(C3)C1C(C)C(F)(F)F)C2. The Morgan fingerprint density at radius 1 is 1.29 bits per heavy atom. The fourth-order valence-corrected chi connectivity index (χ4v) is 5.47. The number of hydrogen-bond donors (Lipinski definition) is 0. The summed E-state index contributed by atoms with van der Waals surface area (Å²) in [6.07, 6.45) is 0.790. The highest BCUT2D eigenvalue weighted by molar-refractivity contribution is 5.81. The van der Waals surface area contributed by atoms with Gasteiger partial charge in [-0.2, -0.15) is 13.2 Å². The quantitative estimate of drug-likeness (QED) is 0.579. The van der Waals surface area contributed by atoms with Crippen LogP contribution in [0.15, 0.2) is 12.7 Å². The van der Waals surface area contributed by atoms with Gasteiger partial charge in [0.05, 0.1) is 5.92 Å². The first kappa shape index (κ1) is 14.9. The molecule has 4 atom stereocenters. The van der Waals surface area contributed by atoms with E-state index in [-0.39, 0.29) is 5.92 Å². The summed E-state index contributed by atoms with van der Waals surface area (Å²) in [7, 11) is 0. The molecule has 2 nitrogen and oxygen atoms in total. The van der Waals surface area contributed by atoms with Crippen LogP contribution in [0.5, 0.6) is 0 Å². The Labute approximate surface area is 122 Å². The zero-order valence-corrected chi connectivity index (χ0v) is 12.2. The Morgan fingerprint density at radius 2 is 1.86 bits per heavy atom. The molecule has 5 heteroatoms. The Hall–Kier alpha value is -1.00. The highest BCUT2D eigenvalue weighted by Crippen LogP contribution is 2.63. The molecule has 0 aromatic rings. The van der Waals surface area contributed by atoms with Gasteiger partial charge in [-0.05, 0) is 49.9 Å². The van der Waals surface area contributed by atoms with Gasteiger partial charge in [0.15, 0.2) is 0 Å². The summed E-state index contributed by atoms with van der Waals surface area (Å²) in [5.41, 5.74) is -0.922. The first-order chi connectivity index (χ1) is 9.75. The molecule has 4 aliphatic carbocycles. The smallest absolute Gasteiger partial charge is 0.391 e. The number of esters is 1. The molecule has 4 aliphatic rings. The third kappa shape index (κ3) is 2.38. The van der Waals surface area contributed by atoms with Crippen LogP contribution in [0, 0.1) is 29.6 Å². The second kappa shape index (κ2) is 4.75. The number of carbonyl (C=O) groups is 1. The molecule has 4 saturated carbocycles. The van der Waals surface area contributed by atoms with Gasteiger partial charge < -0.3 is 4.74 Å². The lowest BCUT2D eigenvalue weighted by atomic mass is 9.47. The standard InChI is InChI=1S/C16H21F3O2/c1-3-13(20)21-15-7-10-4-11(8-15)6-12(5-10)14(15)9(2)16(17,18)19/h3,9-12,14H,1,4-8H2,2H3. The molecule has 0 radical (unpaired) electrons. The minimum atomic E-state index is -4.24. The molecular weight excluding hydrogens is 281 g/mol. The fourth-order valence-electron chi connectivity index (χ4n) is 5.47. The van der Waals surface area contributed by atoms with Crippen LogP contribution in [-0.2, 0) is 9.53 Å². The summed E-state index contributed by atoms with van der Waals surface area (Å²) < 4.78 is 45.4. The molecule has 4 unspecified atom stereocenters. The Bertz CT molecular complexity index is 443. The van der Waals surface area contributed by atoms with Gasteiger partial charge in [-0.25, -0.2) is 4.79 Å². The second-order valence-corrected chi connectivity index (χ2v) is 7.15. The van der Waals surface area contributed by atoms with Crippen LogP contribution in [0.3, 0.4) is 0 Å². The van der Waals surface area contributed by atoms with Crippen molar-refractivity contribution in [1.29, 1.82) is 0 Å². The fraction of sp³-hybridized carbons (Fsp3) is 0.812. The summed E-state index contributed by atoms with van der Waals surface area (Å²) in [6, 6.07) is 0. The van der Waals surface area contributed by atoms with Crippen molar-refractivity contribution in [3.63, 3.8) is 0 Å². The van der Waals surface area contributed by atoms with Crippen LogP contribution in [-0.4, -0.2) is 17.7 Å². The number of ether oxygens (including phenoxy) is 1. The lowest BCUT2D eigenvalue weighted by Gasteiger charge is -2.61. The summed E-state index contributed by atoms with van der Waals surface area (Å²) in [4.78, 5) is 11.7. The van der Waals surface area contributed by atoms with Gasteiger partial charge in [0, 0.05) is 12.0 Å². The topological polar surface area (TPSA) is 26.3 Å². The zero-order chi connectivity index (χ0) is 15.4. The van der Waals surface area contributed by atoms with E-state index in [4.69, 9.17) is 4.74 Å². The molecular formula is C16H21F3O2. The molecule has 4 rings (SSSR count).